The predicted octanol–water partition coefficient (Wildman–Crippen LogP) is 7.40. The lowest BCUT2D eigenvalue weighted by atomic mass is 9.69. The monoisotopic (exact) mass is 624 g/mol. The third kappa shape index (κ3) is 8.57. The molecule has 0 heterocycles. The molecule has 0 fully saturated rings. The number of phenols is 3. The van der Waals surface area contributed by atoms with E-state index in [4.69, 9.17) is 23.7 Å². The van der Waals surface area contributed by atoms with Crippen molar-refractivity contribution >= 4 is 0 Å². The van der Waals surface area contributed by atoms with E-state index in [0.717, 1.165) is 22.3 Å². The molecule has 0 saturated heterocycles. The highest BCUT2D eigenvalue weighted by Gasteiger charge is 2.35. The van der Waals surface area contributed by atoms with E-state index < -0.39 is 5.41 Å². The number of aromatic hydroxyl groups is 3. The minimum absolute atomic E-state index is 0.153. The summed E-state index contributed by atoms with van der Waals surface area (Å²) in [6.45, 7) is 17.5. The van der Waals surface area contributed by atoms with Crippen molar-refractivity contribution in [3.05, 3.63) is 86.5 Å². The molecular formula is C37H52O8. The quantitative estimate of drug-likeness (QED) is 0.119. The molecule has 0 spiro atoms. The number of aryl methyl sites for hydroxylation is 1. The van der Waals surface area contributed by atoms with Crippen molar-refractivity contribution in [2.24, 2.45) is 0 Å². The Kier molecular flexibility index (Phi) is 14.1. The first-order valence-electron chi connectivity index (χ1n) is 16.1. The van der Waals surface area contributed by atoms with Crippen LogP contribution >= 0.6 is 0 Å². The molecule has 3 N–H and O–H groups in total. The molecule has 8 heteroatoms. The largest absolute Gasteiger partial charge is 0.507 e. The van der Waals surface area contributed by atoms with Gasteiger partial charge in [-0.2, -0.15) is 0 Å². The SMILES string of the molecule is CCOCc1cc(C(C)(c2cc(COCC)c(O)c(COCC)c2)c2cc(COCC)c(O)c(COCC)c2)cc(CC)c1O. The van der Waals surface area contributed by atoms with Gasteiger partial charge < -0.3 is 39.0 Å². The van der Waals surface area contributed by atoms with Crippen LogP contribution in [0.1, 0.15) is 98.5 Å². The molecule has 3 aromatic rings. The Morgan fingerprint density at radius 1 is 0.422 bits per heavy atom. The Morgan fingerprint density at radius 2 is 0.644 bits per heavy atom. The lowest BCUT2D eigenvalue weighted by Crippen LogP contribution is -2.27. The van der Waals surface area contributed by atoms with Crippen LogP contribution in [0.4, 0.5) is 0 Å². The fourth-order valence-corrected chi connectivity index (χ4v) is 5.53. The second-order valence-corrected chi connectivity index (χ2v) is 11.1. The third-order valence-electron chi connectivity index (χ3n) is 8.22. The van der Waals surface area contributed by atoms with Gasteiger partial charge in [-0.25, -0.2) is 0 Å². The fourth-order valence-electron chi connectivity index (χ4n) is 5.53. The summed E-state index contributed by atoms with van der Waals surface area (Å²) in [6.07, 6.45) is 0.621. The maximum absolute atomic E-state index is 11.3. The second kappa shape index (κ2) is 17.5. The molecule has 0 atom stereocenters. The van der Waals surface area contributed by atoms with Crippen molar-refractivity contribution < 1.29 is 39.0 Å². The Balaban J connectivity index is 2.47. The second-order valence-electron chi connectivity index (χ2n) is 11.1. The highest BCUT2D eigenvalue weighted by Crippen LogP contribution is 2.45. The minimum atomic E-state index is -0.830. The van der Waals surface area contributed by atoms with Gasteiger partial charge in [-0.05, 0) is 101 Å². The van der Waals surface area contributed by atoms with Crippen molar-refractivity contribution in [2.45, 2.75) is 93.3 Å². The van der Waals surface area contributed by atoms with Crippen molar-refractivity contribution in [3.8, 4) is 17.2 Å². The van der Waals surface area contributed by atoms with Gasteiger partial charge in [0.25, 0.3) is 0 Å². The zero-order valence-electron chi connectivity index (χ0n) is 28.1. The van der Waals surface area contributed by atoms with Crippen molar-refractivity contribution in [1.29, 1.82) is 0 Å². The van der Waals surface area contributed by atoms with E-state index in [1.54, 1.807) is 0 Å². The average Bonchev–Trinajstić information content (AvgIpc) is 3.05. The molecule has 0 radical (unpaired) electrons. The summed E-state index contributed by atoms with van der Waals surface area (Å²) >= 11 is 0. The molecule has 3 aromatic carbocycles. The van der Waals surface area contributed by atoms with Gasteiger partial charge in [0.15, 0.2) is 0 Å². The highest BCUT2D eigenvalue weighted by molar-refractivity contribution is 5.59. The van der Waals surface area contributed by atoms with Gasteiger partial charge in [-0.3, -0.25) is 0 Å². The van der Waals surface area contributed by atoms with Gasteiger partial charge in [0.2, 0.25) is 0 Å². The third-order valence-corrected chi connectivity index (χ3v) is 8.22. The van der Waals surface area contributed by atoms with Crippen LogP contribution in [0.3, 0.4) is 0 Å². The Morgan fingerprint density at radius 3 is 0.867 bits per heavy atom. The standard InChI is InChI=1S/C37H52O8/c1-8-25-14-31(15-26(34(25)38)20-41-9-2)37(7,32-16-27(21-42-10-3)35(39)28(17-32)22-43-11-4)33-18-29(23-44-12-5)36(40)30(19-33)24-45-13-6/h14-19,38-40H,8-13,20-24H2,1-7H3. The van der Waals surface area contributed by atoms with E-state index in [1.165, 1.54) is 0 Å². The van der Waals surface area contributed by atoms with Crippen molar-refractivity contribution in [1.82, 2.24) is 0 Å². The van der Waals surface area contributed by atoms with Gasteiger partial charge in [-0.1, -0.05) is 13.0 Å². The number of hydrogen-bond donors (Lipinski definition) is 3. The maximum atomic E-state index is 11.3. The lowest BCUT2D eigenvalue weighted by molar-refractivity contribution is 0.126. The topological polar surface area (TPSA) is 107 Å². The van der Waals surface area contributed by atoms with E-state index in [9.17, 15) is 15.3 Å². The van der Waals surface area contributed by atoms with Gasteiger partial charge in [0.05, 0.1) is 33.0 Å². The normalized spacial score (nSPS) is 11.8. The van der Waals surface area contributed by atoms with Gasteiger partial charge in [-0.15, -0.1) is 0 Å². The molecule has 0 aliphatic carbocycles. The van der Waals surface area contributed by atoms with E-state index in [2.05, 4.69) is 6.92 Å². The van der Waals surface area contributed by atoms with E-state index in [0.29, 0.717) is 67.3 Å². The summed E-state index contributed by atoms with van der Waals surface area (Å²) in [7, 11) is 0. The molecule has 0 bridgehead atoms. The predicted molar refractivity (Wildman–Crippen MR) is 176 cm³/mol. The van der Waals surface area contributed by atoms with Gasteiger partial charge >= 0.3 is 0 Å². The molecule has 0 aliphatic rings. The van der Waals surface area contributed by atoms with Crippen LogP contribution in [0.15, 0.2) is 36.4 Å². The van der Waals surface area contributed by atoms with E-state index in [-0.39, 0.29) is 50.3 Å². The number of hydrogen-bond acceptors (Lipinski definition) is 8. The summed E-state index contributed by atoms with van der Waals surface area (Å²) < 4.78 is 28.9. The molecule has 0 aromatic heterocycles. The lowest BCUT2D eigenvalue weighted by Gasteiger charge is -2.35. The summed E-state index contributed by atoms with van der Waals surface area (Å²) in [5.74, 6) is 0.538. The summed E-state index contributed by atoms with van der Waals surface area (Å²) in [5, 5.41) is 33.7. The van der Waals surface area contributed by atoms with Crippen molar-refractivity contribution in [3.63, 3.8) is 0 Å². The first kappa shape index (κ1) is 36.3. The van der Waals surface area contributed by atoms with Gasteiger partial charge in [0, 0.05) is 66.3 Å². The molecule has 45 heavy (non-hydrogen) atoms. The van der Waals surface area contributed by atoms with Crippen molar-refractivity contribution in [2.75, 3.05) is 33.0 Å². The Bertz CT molecular complexity index is 1260. The smallest absolute Gasteiger partial charge is 0.126 e. The fraction of sp³-hybridized carbons (Fsp3) is 0.514. The number of benzene rings is 3. The van der Waals surface area contributed by atoms with Crippen LogP contribution < -0.4 is 0 Å². The first-order chi connectivity index (χ1) is 21.7. The number of phenolic OH excluding ortho intramolecular Hbond substituents is 3. The van der Waals surface area contributed by atoms with Crippen LogP contribution in [0.5, 0.6) is 17.2 Å². The van der Waals surface area contributed by atoms with E-state index >= 15 is 0 Å². The maximum Gasteiger partial charge on any atom is 0.126 e. The van der Waals surface area contributed by atoms with Crippen LogP contribution in [-0.2, 0) is 68.6 Å². The van der Waals surface area contributed by atoms with Crippen LogP contribution in [0.25, 0.3) is 0 Å². The zero-order valence-corrected chi connectivity index (χ0v) is 28.1. The minimum Gasteiger partial charge on any atom is -0.507 e. The molecular weight excluding hydrogens is 572 g/mol. The molecule has 3 rings (SSSR count). The Hall–Kier alpha value is -3.14. The summed E-state index contributed by atoms with van der Waals surface area (Å²) in [5.41, 5.74) is 6.02. The van der Waals surface area contributed by atoms with Crippen LogP contribution in [-0.4, -0.2) is 48.4 Å². The van der Waals surface area contributed by atoms with E-state index in [1.807, 2.05) is 77.9 Å². The molecule has 0 unspecified atom stereocenters. The molecule has 248 valence electrons. The van der Waals surface area contributed by atoms with Gasteiger partial charge in [0.1, 0.15) is 17.2 Å². The molecule has 0 saturated carbocycles. The highest BCUT2D eigenvalue weighted by atomic mass is 16.5. The summed E-state index contributed by atoms with van der Waals surface area (Å²) in [4.78, 5) is 0. The summed E-state index contributed by atoms with van der Waals surface area (Å²) in [6, 6.07) is 12.0. The number of ether oxygens (including phenoxy) is 5. The molecule has 0 aliphatic heterocycles. The average molecular weight is 625 g/mol. The van der Waals surface area contributed by atoms with Crippen LogP contribution in [0, 0.1) is 0 Å². The first-order valence-corrected chi connectivity index (χ1v) is 16.1. The molecule has 0 amide bonds. The number of rotatable bonds is 19. The molecule has 8 nitrogen and oxygen atoms in total. The van der Waals surface area contributed by atoms with Crippen LogP contribution in [0.2, 0.25) is 0 Å². The zero-order chi connectivity index (χ0) is 33.0. The Labute approximate surface area is 268 Å².